The number of hydrogen-bond acceptors (Lipinski definition) is 4. The number of anilines is 1. The monoisotopic (exact) mass is 358 g/mol. The van der Waals surface area contributed by atoms with Crippen LogP contribution in [0.1, 0.15) is 21.5 Å². The fraction of sp³-hybridized carbons (Fsp3) is 0.167. The highest BCUT2D eigenvalue weighted by Crippen LogP contribution is 2.18. The molecule has 0 fully saturated rings. The number of carbonyl (C=O) groups excluding carboxylic acids is 1. The minimum absolute atomic E-state index is 0.00271. The third-order valence-electron chi connectivity index (χ3n) is 3.35. The lowest BCUT2D eigenvalue weighted by Crippen LogP contribution is -2.37. The van der Waals surface area contributed by atoms with Gasteiger partial charge in [0, 0.05) is 0 Å². The molecule has 2 rings (SSSR count). The van der Waals surface area contributed by atoms with Crippen LogP contribution in [-0.2, 0) is 4.79 Å². The van der Waals surface area contributed by atoms with Crippen molar-refractivity contribution < 1.29 is 19.4 Å². The number of para-hydroxylation sites is 1. The zero-order chi connectivity index (χ0) is 18.4. The number of carboxylic acid groups (broad SMARTS) is 1. The minimum Gasteiger partial charge on any atom is -0.483 e. The Morgan fingerprint density at radius 2 is 1.88 bits per heavy atom. The number of aryl methyl sites for hydroxylation is 2. The largest absolute Gasteiger partial charge is 0.483 e. The molecule has 0 aliphatic carbocycles. The molecule has 0 aliphatic rings. The molecule has 0 bridgehead atoms. The third-order valence-corrected chi connectivity index (χ3v) is 3.55. The number of aromatic carboxylic acids is 1. The number of benzene rings is 2. The van der Waals surface area contributed by atoms with Gasteiger partial charge in [0.25, 0.3) is 5.91 Å². The Kier molecular flexibility index (Phi) is 6.08. The first-order valence-corrected chi connectivity index (χ1v) is 7.91. The van der Waals surface area contributed by atoms with Gasteiger partial charge in [-0.25, -0.2) is 4.79 Å². The van der Waals surface area contributed by atoms with E-state index in [0.29, 0.717) is 11.4 Å². The van der Waals surface area contributed by atoms with Crippen molar-refractivity contribution in [3.05, 3.63) is 59.2 Å². The van der Waals surface area contributed by atoms with E-state index in [1.807, 2.05) is 26.0 Å². The summed E-state index contributed by atoms with van der Waals surface area (Å²) in [7, 11) is 0. The molecule has 0 aromatic heterocycles. The van der Waals surface area contributed by atoms with Crippen molar-refractivity contribution in [2.45, 2.75) is 13.8 Å². The maximum Gasteiger partial charge on any atom is 0.337 e. The van der Waals surface area contributed by atoms with E-state index in [1.54, 1.807) is 24.3 Å². The van der Waals surface area contributed by atoms with E-state index in [1.165, 1.54) is 6.07 Å². The SMILES string of the molecule is Cc1ccc(OCC(=O)NC(=S)Nc2ccccc2C(=O)O)c(C)c1. The molecule has 3 N–H and O–H groups in total. The van der Waals surface area contributed by atoms with Crippen molar-refractivity contribution in [1.82, 2.24) is 5.32 Å². The van der Waals surface area contributed by atoms with Crippen molar-refractivity contribution in [2.75, 3.05) is 11.9 Å². The molecule has 7 heteroatoms. The van der Waals surface area contributed by atoms with Crippen molar-refractivity contribution >= 4 is 34.9 Å². The van der Waals surface area contributed by atoms with Gasteiger partial charge in [0.1, 0.15) is 5.75 Å². The van der Waals surface area contributed by atoms with Gasteiger partial charge in [0.2, 0.25) is 0 Å². The summed E-state index contributed by atoms with van der Waals surface area (Å²) in [5, 5.41) is 14.3. The predicted molar refractivity (Wildman–Crippen MR) is 99.2 cm³/mol. The molecule has 0 aliphatic heterocycles. The first-order chi connectivity index (χ1) is 11.9. The molecular formula is C18H18N2O4S. The summed E-state index contributed by atoms with van der Waals surface area (Å²) >= 11 is 5.04. The Bertz CT molecular complexity index is 820. The van der Waals surface area contributed by atoms with E-state index in [-0.39, 0.29) is 17.3 Å². The van der Waals surface area contributed by atoms with Gasteiger partial charge < -0.3 is 15.2 Å². The van der Waals surface area contributed by atoms with Crippen LogP contribution in [0.4, 0.5) is 5.69 Å². The molecular weight excluding hydrogens is 340 g/mol. The Hall–Kier alpha value is -2.93. The van der Waals surface area contributed by atoms with Gasteiger partial charge >= 0.3 is 5.97 Å². The second-order valence-electron chi connectivity index (χ2n) is 5.41. The Balaban J connectivity index is 1.90. The topological polar surface area (TPSA) is 87.7 Å². The minimum atomic E-state index is -1.09. The zero-order valence-electron chi connectivity index (χ0n) is 13.8. The van der Waals surface area contributed by atoms with E-state index in [9.17, 15) is 9.59 Å². The number of thiocarbonyl (C=S) groups is 1. The number of hydrogen-bond donors (Lipinski definition) is 3. The molecule has 0 saturated heterocycles. The normalized spacial score (nSPS) is 10.0. The molecule has 0 atom stereocenters. The van der Waals surface area contributed by atoms with Crippen molar-refractivity contribution in [3.63, 3.8) is 0 Å². The van der Waals surface area contributed by atoms with Crippen LogP contribution in [0.2, 0.25) is 0 Å². The highest BCUT2D eigenvalue weighted by Gasteiger charge is 2.12. The van der Waals surface area contributed by atoms with Gasteiger partial charge in [-0.05, 0) is 49.8 Å². The molecule has 2 aromatic carbocycles. The van der Waals surface area contributed by atoms with Gasteiger partial charge in [-0.1, -0.05) is 29.8 Å². The van der Waals surface area contributed by atoms with E-state index in [0.717, 1.165) is 11.1 Å². The molecule has 6 nitrogen and oxygen atoms in total. The molecule has 25 heavy (non-hydrogen) atoms. The standard InChI is InChI=1S/C18H18N2O4S/c1-11-7-8-15(12(2)9-11)24-10-16(21)20-18(25)19-14-6-4-3-5-13(14)17(22)23/h3-9H,10H2,1-2H3,(H,22,23)(H2,19,20,21,25). The van der Waals surface area contributed by atoms with E-state index < -0.39 is 11.9 Å². The van der Waals surface area contributed by atoms with Crippen molar-refractivity contribution in [3.8, 4) is 5.75 Å². The maximum atomic E-state index is 11.9. The van der Waals surface area contributed by atoms with Gasteiger partial charge in [0.05, 0.1) is 11.3 Å². The number of ether oxygens (including phenoxy) is 1. The first kappa shape index (κ1) is 18.4. The van der Waals surface area contributed by atoms with Gasteiger partial charge in [-0.15, -0.1) is 0 Å². The van der Waals surface area contributed by atoms with Crippen LogP contribution >= 0.6 is 12.2 Å². The summed E-state index contributed by atoms with van der Waals surface area (Å²) in [4.78, 5) is 23.1. The van der Waals surface area contributed by atoms with Crippen LogP contribution in [0.25, 0.3) is 0 Å². The highest BCUT2D eigenvalue weighted by atomic mass is 32.1. The van der Waals surface area contributed by atoms with Crippen LogP contribution in [0.3, 0.4) is 0 Å². The second kappa shape index (κ2) is 8.25. The molecule has 0 unspecified atom stereocenters. The summed E-state index contributed by atoms with van der Waals surface area (Å²) in [6.07, 6.45) is 0. The number of amides is 1. The maximum absolute atomic E-state index is 11.9. The Morgan fingerprint density at radius 1 is 1.16 bits per heavy atom. The summed E-state index contributed by atoms with van der Waals surface area (Å²) in [5.74, 6) is -0.906. The smallest absolute Gasteiger partial charge is 0.337 e. The fourth-order valence-electron chi connectivity index (χ4n) is 2.20. The number of carboxylic acids is 1. The first-order valence-electron chi connectivity index (χ1n) is 7.50. The zero-order valence-corrected chi connectivity index (χ0v) is 14.6. The molecule has 1 amide bonds. The summed E-state index contributed by atoms with van der Waals surface area (Å²) in [5.41, 5.74) is 2.40. The lowest BCUT2D eigenvalue weighted by Gasteiger charge is -2.13. The summed E-state index contributed by atoms with van der Waals surface area (Å²) < 4.78 is 5.47. The molecule has 0 heterocycles. The molecule has 2 aromatic rings. The highest BCUT2D eigenvalue weighted by molar-refractivity contribution is 7.80. The third kappa shape index (κ3) is 5.29. The van der Waals surface area contributed by atoms with E-state index >= 15 is 0 Å². The van der Waals surface area contributed by atoms with Crippen molar-refractivity contribution in [1.29, 1.82) is 0 Å². The molecule has 0 spiro atoms. The van der Waals surface area contributed by atoms with Crippen LogP contribution in [0, 0.1) is 13.8 Å². The van der Waals surface area contributed by atoms with Crippen LogP contribution < -0.4 is 15.4 Å². The number of rotatable bonds is 5. The molecule has 130 valence electrons. The van der Waals surface area contributed by atoms with E-state index in [2.05, 4.69) is 10.6 Å². The number of carbonyl (C=O) groups is 2. The number of nitrogens with one attached hydrogen (secondary N) is 2. The van der Waals surface area contributed by atoms with E-state index in [4.69, 9.17) is 22.1 Å². The predicted octanol–water partition coefficient (Wildman–Crippen LogP) is 2.89. The van der Waals surface area contributed by atoms with Crippen LogP contribution in [-0.4, -0.2) is 28.7 Å². The summed E-state index contributed by atoms with van der Waals surface area (Å²) in [6.45, 7) is 3.67. The quantitative estimate of drug-likeness (QED) is 0.713. The summed E-state index contributed by atoms with van der Waals surface area (Å²) in [6, 6.07) is 11.9. The fourth-order valence-corrected chi connectivity index (χ4v) is 2.42. The molecule has 0 radical (unpaired) electrons. The average molecular weight is 358 g/mol. The Morgan fingerprint density at radius 3 is 2.56 bits per heavy atom. The Labute approximate surface area is 150 Å². The lowest BCUT2D eigenvalue weighted by atomic mass is 10.1. The van der Waals surface area contributed by atoms with Crippen LogP contribution in [0.5, 0.6) is 5.75 Å². The molecule has 0 saturated carbocycles. The van der Waals surface area contributed by atoms with Gasteiger partial charge in [0.15, 0.2) is 11.7 Å². The lowest BCUT2D eigenvalue weighted by molar-refractivity contribution is -0.121. The van der Waals surface area contributed by atoms with Crippen molar-refractivity contribution in [2.24, 2.45) is 0 Å². The average Bonchev–Trinajstić information content (AvgIpc) is 2.54. The second-order valence-corrected chi connectivity index (χ2v) is 5.82. The van der Waals surface area contributed by atoms with Gasteiger partial charge in [-0.2, -0.15) is 0 Å². The van der Waals surface area contributed by atoms with Gasteiger partial charge in [-0.3, -0.25) is 10.1 Å². The van der Waals surface area contributed by atoms with Crippen LogP contribution in [0.15, 0.2) is 42.5 Å².